The SMILES string of the molecule is CC.[N-]=[N+]=NC(=O)CCC(=O)O[C@@H]1CO[C@H]2[C@@H]1OC[C@H]2OC(=O)CCC(=O)N=[N+]=[N-]. The summed E-state index contributed by atoms with van der Waals surface area (Å²) in [5.41, 5.74) is 16.2. The van der Waals surface area contributed by atoms with Gasteiger partial charge in [0.05, 0.1) is 26.1 Å². The van der Waals surface area contributed by atoms with Gasteiger partial charge in [-0.25, -0.2) is 0 Å². The molecule has 2 fully saturated rings. The van der Waals surface area contributed by atoms with Crippen LogP contribution >= 0.6 is 0 Å². The molecule has 164 valence electrons. The van der Waals surface area contributed by atoms with Crippen LogP contribution in [-0.2, 0) is 38.1 Å². The Kier molecular flexibility index (Phi) is 10.9. The van der Waals surface area contributed by atoms with Crippen LogP contribution < -0.4 is 0 Å². The first-order valence-electron chi connectivity index (χ1n) is 9.22. The lowest BCUT2D eigenvalue weighted by molar-refractivity contribution is -0.156. The van der Waals surface area contributed by atoms with Gasteiger partial charge in [-0.2, -0.15) is 0 Å². The van der Waals surface area contributed by atoms with Gasteiger partial charge in [-0.05, 0) is 21.3 Å². The van der Waals surface area contributed by atoms with Crippen LogP contribution in [-0.4, -0.2) is 61.4 Å². The van der Waals surface area contributed by atoms with Gasteiger partial charge < -0.3 is 18.9 Å². The molecule has 2 rings (SSSR count). The lowest BCUT2D eigenvalue weighted by Crippen LogP contribution is -2.36. The fraction of sp³-hybridized carbons (Fsp3) is 0.750. The summed E-state index contributed by atoms with van der Waals surface area (Å²) >= 11 is 0. The van der Waals surface area contributed by atoms with Crippen molar-refractivity contribution >= 4 is 23.8 Å². The van der Waals surface area contributed by atoms with E-state index in [1.54, 1.807) is 0 Å². The highest BCUT2D eigenvalue weighted by Gasteiger charge is 2.51. The summed E-state index contributed by atoms with van der Waals surface area (Å²) in [6, 6.07) is 0. The molecule has 0 bridgehead atoms. The first-order chi connectivity index (χ1) is 14.4. The Hall–Kier alpha value is -3.18. The van der Waals surface area contributed by atoms with Gasteiger partial charge in [0.2, 0.25) is 11.8 Å². The lowest BCUT2D eigenvalue weighted by atomic mass is 10.1. The van der Waals surface area contributed by atoms with Crippen LogP contribution in [0.5, 0.6) is 0 Å². The highest BCUT2D eigenvalue weighted by molar-refractivity contribution is 5.82. The van der Waals surface area contributed by atoms with Crippen molar-refractivity contribution in [2.75, 3.05) is 13.2 Å². The number of hydrogen-bond acceptors (Lipinski definition) is 8. The number of amides is 2. The standard InChI is InChI=1S/C14H16N6O8.C2H6/c15-19-17-9(21)1-3-11(23)27-7-5-25-14-8(6-26-13(7)14)28-12(24)4-2-10(22)18-20-16;1-2/h7-8,13-14H,1-6H2;1-2H3/t7-,8-,13-,14-;/m1./s1. The second-order valence-electron chi connectivity index (χ2n) is 5.82. The number of azide groups is 2. The Morgan fingerprint density at radius 2 is 1.17 bits per heavy atom. The van der Waals surface area contributed by atoms with Gasteiger partial charge in [0.15, 0.2) is 12.2 Å². The second-order valence-corrected chi connectivity index (χ2v) is 5.82. The number of fused-ring (bicyclic) bond motifs is 1. The molecule has 0 N–H and O–H groups in total. The number of esters is 2. The van der Waals surface area contributed by atoms with E-state index in [9.17, 15) is 19.2 Å². The Morgan fingerprint density at radius 1 is 0.800 bits per heavy atom. The zero-order valence-corrected chi connectivity index (χ0v) is 16.5. The van der Waals surface area contributed by atoms with Gasteiger partial charge >= 0.3 is 11.9 Å². The van der Waals surface area contributed by atoms with Crippen molar-refractivity contribution in [3.05, 3.63) is 20.9 Å². The molecule has 0 spiro atoms. The lowest BCUT2D eigenvalue weighted by Gasteiger charge is -2.17. The van der Waals surface area contributed by atoms with Gasteiger partial charge in [-0.1, -0.05) is 13.8 Å². The topological polar surface area (TPSA) is 203 Å². The molecule has 14 heteroatoms. The average Bonchev–Trinajstić information content (AvgIpc) is 3.30. The van der Waals surface area contributed by atoms with Crippen LogP contribution in [0.1, 0.15) is 39.5 Å². The molecule has 2 amide bonds. The molecule has 0 aromatic carbocycles. The highest BCUT2D eigenvalue weighted by atomic mass is 16.7. The molecule has 2 heterocycles. The van der Waals surface area contributed by atoms with E-state index in [4.69, 9.17) is 30.0 Å². The number of carbonyl (C=O) groups is 4. The molecule has 0 aromatic rings. The normalized spacial score (nSPS) is 23.5. The van der Waals surface area contributed by atoms with Gasteiger partial charge in [0.25, 0.3) is 0 Å². The summed E-state index contributed by atoms with van der Waals surface area (Å²) in [4.78, 5) is 50.4. The number of carbonyl (C=O) groups excluding carboxylic acids is 4. The van der Waals surface area contributed by atoms with E-state index in [1.165, 1.54) is 0 Å². The van der Waals surface area contributed by atoms with Crippen molar-refractivity contribution in [3.63, 3.8) is 0 Å². The molecule has 0 saturated carbocycles. The third-order valence-corrected chi connectivity index (χ3v) is 3.93. The predicted octanol–water partition coefficient (Wildman–Crippen LogP) is 1.87. The van der Waals surface area contributed by atoms with E-state index in [0.717, 1.165) is 0 Å². The van der Waals surface area contributed by atoms with E-state index in [0.29, 0.717) is 0 Å². The molecular weight excluding hydrogens is 404 g/mol. The summed E-state index contributed by atoms with van der Waals surface area (Å²) in [5.74, 6) is -2.92. The second kappa shape index (κ2) is 13.1. The minimum atomic E-state index is -0.775. The summed E-state index contributed by atoms with van der Waals surface area (Å²) in [6.07, 6.45) is -3.82. The Labute approximate surface area is 171 Å². The van der Waals surface area contributed by atoms with Crippen molar-refractivity contribution < 1.29 is 38.1 Å². The molecular formula is C16H22N6O8. The van der Waals surface area contributed by atoms with Crippen LogP contribution in [0, 0.1) is 0 Å². The molecule has 0 unspecified atom stereocenters. The molecule has 0 aromatic heterocycles. The van der Waals surface area contributed by atoms with Gasteiger partial charge in [0.1, 0.15) is 12.2 Å². The van der Waals surface area contributed by atoms with Gasteiger partial charge in [-0.3, -0.25) is 19.2 Å². The minimum absolute atomic E-state index is 0.0226. The van der Waals surface area contributed by atoms with E-state index in [1.807, 2.05) is 13.8 Å². The molecule has 4 atom stereocenters. The third kappa shape index (κ3) is 7.68. The molecule has 14 nitrogen and oxygen atoms in total. The van der Waals surface area contributed by atoms with Crippen molar-refractivity contribution in [2.24, 2.45) is 10.2 Å². The Bertz CT molecular complexity index is 684. The zero-order chi connectivity index (χ0) is 22.5. The number of rotatable bonds is 8. The molecule has 2 aliphatic heterocycles. The third-order valence-electron chi connectivity index (χ3n) is 3.93. The van der Waals surface area contributed by atoms with Gasteiger partial charge in [-0.15, -0.1) is 0 Å². The highest BCUT2D eigenvalue weighted by Crippen LogP contribution is 2.31. The average molecular weight is 426 g/mol. The maximum atomic E-state index is 11.8. The van der Waals surface area contributed by atoms with Crippen molar-refractivity contribution in [1.29, 1.82) is 0 Å². The number of ether oxygens (including phenoxy) is 4. The van der Waals surface area contributed by atoms with E-state index in [2.05, 4.69) is 20.1 Å². The van der Waals surface area contributed by atoms with Crippen LogP contribution in [0.3, 0.4) is 0 Å². The van der Waals surface area contributed by atoms with Crippen molar-refractivity contribution in [1.82, 2.24) is 0 Å². The quantitative estimate of drug-likeness (QED) is 0.242. The van der Waals surface area contributed by atoms with Crippen LogP contribution in [0.25, 0.3) is 20.9 Å². The monoisotopic (exact) mass is 426 g/mol. The fourth-order valence-electron chi connectivity index (χ4n) is 2.70. The maximum absolute atomic E-state index is 11.8. The van der Waals surface area contributed by atoms with Crippen molar-refractivity contribution in [2.45, 2.75) is 63.9 Å². The predicted molar refractivity (Wildman–Crippen MR) is 97.4 cm³/mol. The number of hydrogen-bond donors (Lipinski definition) is 0. The molecule has 2 saturated heterocycles. The Morgan fingerprint density at radius 3 is 1.50 bits per heavy atom. The van der Waals surface area contributed by atoms with Crippen molar-refractivity contribution in [3.8, 4) is 0 Å². The van der Waals surface area contributed by atoms with Crippen LogP contribution in [0.4, 0.5) is 0 Å². The summed E-state index contributed by atoms with van der Waals surface area (Å²) in [7, 11) is 0. The van der Waals surface area contributed by atoms with Gasteiger partial charge in [0, 0.05) is 22.7 Å². The molecule has 2 aliphatic rings. The molecule has 0 aliphatic carbocycles. The van der Waals surface area contributed by atoms with E-state index >= 15 is 0 Å². The zero-order valence-electron chi connectivity index (χ0n) is 16.5. The first-order valence-corrected chi connectivity index (χ1v) is 9.22. The Balaban J connectivity index is 0.00000218. The summed E-state index contributed by atoms with van der Waals surface area (Å²) in [5, 5.41) is 5.69. The van der Waals surface area contributed by atoms with Crippen LogP contribution in [0.15, 0.2) is 10.2 Å². The number of nitrogens with zero attached hydrogens (tertiary/aromatic N) is 6. The minimum Gasteiger partial charge on any atom is -0.457 e. The van der Waals surface area contributed by atoms with E-state index < -0.39 is 48.2 Å². The maximum Gasteiger partial charge on any atom is 0.306 e. The van der Waals surface area contributed by atoms with Crippen LogP contribution in [0.2, 0.25) is 0 Å². The smallest absolute Gasteiger partial charge is 0.306 e. The first kappa shape index (κ1) is 24.9. The largest absolute Gasteiger partial charge is 0.457 e. The molecule has 0 radical (unpaired) electrons. The summed E-state index contributed by atoms with van der Waals surface area (Å²) in [6.45, 7) is 4.05. The fourth-order valence-corrected chi connectivity index (χ4v) is 2.70. The molecule has 30 heavy (non-hydrogen) atoms. The van der Waals surface area contributed by atoms with E-state index in [-0.39, 0.29) is 38.9 Å². The summed E-state index contributed by atoms with van der Waals surface area (Å²) < 4.78 is 21.4.